The molecule has 0 aliphatic carbocycles. The quantitative estimate of drug-likeness (QED) is 0.204. The number of carbonyl (C=O) groups is 1. The third-order valence-electron chi connectivity index (χ3n) is 3.40. The monoisotopic (exact) mass is 323 g/mol. The van der Waals surface area contributed by atoms with E-state index in [0.717, 1.165) is 57.8 Å². The van der Waals surface area contributed by atoms with E-state index < -0.39 is 5.97 Å². The van der Waals surface area contributed by atoms with Crippen molar-refractivity contribution in [2.24, 2.45) is 0 Å². The zero-order valence-corrected chi connectivity index (χ0v) is 14.1. The lowest BCUT2D eigenvalue weighted by molar-refractivity contribution is -0.419. The van der Waals surface area contributed by atoms with Gasteiger partial charge in [0.25, 0.3) is 5.70 Å². The molecule has 0 rings (SSSR count). The van der Waals surface area contributed by atoms with Gasteiger partial charge in [-0.3, -0.25) is 14.9 Å². The summed E-state index contributed by atoms with van der Waals surface area (Å²) in [7, 11) is 0. The number of unbranched alkanes of at least 4 members (excludes halogenated alkanes) is 7. The van der Waals surface area contributed by atoms with Crippen LogP contribution in [0.4, 0.5) is 0 Å². The minimum absolute atomic E-state index is 0.154. The molecule has 0 heterocycles. The van der Waals surface area contributed by atoms with E-state index in [0.29, 0.717) is 0 Å². The minimum Gasteiger partial charge on any atom is -0.481 e. The molecule has 1 N–H and O–H groups in total. The fraction of sp³-hybridized carbons (Fsp3) is 0.611. The average Bonchev–Trinajstić information content (AvgIpc) is 2.50. The highest BCUT2D eigenvalue weighted by molar-refractivity contribution is 5.66. The summed E-state index contributed by atoms with van der Waals surface area (Å²) in [6.07, 6.45) is 17.6. The summed E-state index contributed by atoms with van der Waals surface area (Å²) in [6, 6.07) is 0. The van der Waals surface area contributed by atoms with Gasteiger partial charge in [-0.25, -0.2) is 0 Å². The van der Waals surface area contributed by atoms with Gasteiger partial charge in [-0.15, -0.1) is 0 Å². The van der Waals surface area contributed by atoms with Crippen LogP contribution in [0.1, 0.15) is 71.1 Å². The molecule has 0 aromatic carbocycles. The van der Waals surface area contributed by atoms with Crippen LogP contribution in [0, 0.1) is 10.1 Å². The molecule has 0 radical (unpaired) electrons. The van der Waals surface area contributed by atoms with Gasteiger partial charge in [0.15, 0.2) is 0 Å². The van der Waals surface area contributed by atoms with E-state index in [9.17, 15) is 14.9 Å². The topological polar surface area (TPSA) is 80.4 Å². The summed E-state index contributed by atoms with van der Waals surface area (Å²) >= 11 is 0. The Hall–Kier alpha value is -1.91. The van der Waals surface area contributed by atoms with Crippen molar-refractivity contribution in [1.29, 1.82) is 0 Å². The van der Waals surface area contributed by atoms with Crippen LogP contribution in [0.15, 0.2) is 36.1 Å². The lowest BCUT2D eigenvalue weighted by Crippen LogP contribution is -1.95. The predicted molar refractivity (Wildman–Crippen MR) is 92.8 cm³/mol. The number of carboxylic acids is 1. The Labute approximate surface area is 138 Å². The lowest BCUT2D eigenvalue weighted by atomic mass is 10.1. The van der Waals surface area contributed by atoms with E-state index in [2.05, 4.69) is 6.92 Å². The summed E-state index contributed by atoms with van der Waals surface area (Å²) < 4.78 is 0. The molecule has 0 aromatic rings. The van der Waals surface area contributed by atoms with Crippen LogP contribution in [0.2, 0.25) is 0 Å². The van der Waals surface area contributed by atoms with Crippen molar-refractivity contribution >= 4 is 5.97 Å². The molecule has 0 aromatic heterocycles. The Balaban J connectivity index is 3.79. The van der Waals surface area contributed by atoms with Crippen LogP contribution in [-0.2, 0) is 4.79 Å². The minimum atomic E-state index is -0.724. The number of hydrogen-bond acceptors (Lipinski definition) is 3. The largest absolute Gasteiger partial charge is 0.481 e. The molecule has 5 nitrogen and oxygen atoms in total. The van der Waals surface area contributed by atoms with Crippen LogP contribution >= 0.6 is 0 Å². The molecule has 0 saturated carbocycles. The van der Waals surface area contributed by atoms with Gasteiger partial charge in [-0.05, 0) is 38.2 Å². The second-order valence-electron chi connectivity index (χ2n) is 5.52. The second kappa shape index (κ2) is 15.0. The number of carboxylic acid groups (broad SMARTS) is 1. The molecule has 5 heteroatoms. The second-order valence-corrected chi connectivity index (χ2v) is 5.52. The molecule has 0 aliphatic rings. The van der Waals surface area contributed by atoms with E-state index in [1.165, 1.54) is 6.08 Å². The standard InChI is InChI=1S/C18H29NO4/c1-2-3-11-14-17(19(22)23)15-12-9-7-5-4-6-8-10-13-16-18(20)21/h7,9,12,14-15H,2-6,8,10-11,13,16H2,1H3,(H,20,21)/b9-7+,15-12+,17-14-. The lowest BCUT2D eigenvalue weighted by Gasteiger charge is -1.97. The SMILES string of the molecule is CCCC/C=C(/C=C/C=C/CCCCCCCC(=O)O)[N+](=O)[O-]. The fourth-order valence-electron chi connectivity index (χ4n) is 2.06. The molecule has 0 atom stereocenters. The molecule has 0 unspecified atom stereocenters. The molecular weight excluding hydrogens is 294 g/mol. The molecule has 0 amide bonds. The van der Waals surface area contributed by atoms with Gasteiger partial charge >= 0.3 is 5.97 Å². The number of hydrogen-bond donors (Lipinski definition) is 1. The van der Waals surface area contributed by atoms with E-state index in [4.69, 9.17) is 5.11 Å². The zero-order valence-electron chi connectivity index (χ0n) is 14.1. The van der Waals surface area contributed by atoms with Crippen LogP contribution in [0.25, 0.3) is 0 Å². The summed E-state index contributed by atoms with van der Waals surface area (Å²) in [4.78, 5) is 20.8. The van der Waals surface area contributed by atoms with Crippen molar-refractivity contribution in [3.8, 4) is 0 Å². The maximum absolute atomic E-state index is 10.9. The number of allylic oxidation sites excluding steroid dienone is 5. The highest BCUT2D eigenvalue weighted by Gasteiger charge is 2.03. The summed E-state index contributed by atoms with van der Waals surface area (Å²) in [6.45, 7) is 2.06. The van der Waals surface area contributed by atoms with Gasteiger partial charge in [-0.2, -0.15) is 0 Å². The molecule has 0 spiro atoms. The Morgan fingerprint density at radius 1 is 1.04 bits per heavy atom. The number of nitro groups is 1. The maximum Gasteiger partial charge on any atom is 0.303 e. The van der Waals surface area contributed by atoms with Crippen molar-refractivity contribution in [3.05, 3.63) is 46.2 Å². The van der Waals surface area contributed by atoms with Crippen molar-refractivity contribution in [2.75, 3.05) is 0 Å². The van der Waals surface area contributed by atoms with Crippen molar-refractivity contribution < 1.29 is 14.8 Å². The molecule has 0 aliphatic heterocycles. The Kier molecular flexibility index (Phi) is 13.8. The number of nitrogens with zero attached hydrogens (tertiary/aromatic N) is 1. The van der Waals surface area contributed by atoms with Crippen molar-refractivity contribution in [2.45, 2.75) is 71.1 Å². The molecule has 0 saturated heterocycles. The van der Waals surface area contributed by atoms with Crippen molar-refractivity contribution in [3.63, 3.8) is 0 Å². The average molecular weight is 323 g/mol. The molecule has 0 fully saturated rings. The van der Waals surface area contributed by atoms with E-state index in [-0.39, 0.29) is 17.0 Å². The predicted octanol–water partition coefficient (Wildman–Crippen LogP) is 5.26. The van der Waals surface area contributed by atoms with E-state index in [1.807, 2.05) is 12.2 Å². The van der Waals surface area contributed by atoms with Crippen LogP contribution in [0.3, 0.4) is 0 Å². The van der Waals surface area contributed by atoms with Gasteiger partial charge < -0.3 is 5.11 Å². The highest BCUT2D eigenvalue weighted by Crippen LogP contribution is 2.08. The first-order valence-corrected chi connectivity index (χ1v) is 8.47. The van der Waals surface area contributed by atoms with E-state index >= 15 is 0 Å². The smallest absolute Gasteiger partial charge is 0.303 e. The Morgan fingerprint density at radius 3 is 2.39 bits per heavy atom. The number of aliphatic carboxylic acids is 1. The van der Waals surface area contributed by atoms with Gasteiger partial charge in [-0.1, -0.05) is 50.8 Å². The first-order valence-electron chi connectivity index (χ1n) is 8.47. The third kappa shape index (κ3) is 14.8. The van der Waals surface area contributed by atoms with Gasteiger partial charge in [0, 0.05) is 12.5 Å². The van der Waals surface area contributed by atoms with Crippen LogP contribution < -0.4 is 0 Å². The summed E-state index contributed by atoms with van der Waals surface area (Å²) in [5, 5.41) is 19.4. The molecule has 0 bridgehead atoms. The molecule has 23 heavy (non-hydrogen) atoms. The zero-order chi connectivity index (χ0) is 17.3. The normalized spacial score (nSPS) is 12.3. The summed E-state index contributed by atoms with van der Waals surface area (Å²) in [5.41, 5.74) is 0.154. The third-order valence-corrected chi connectivity index (χ3v) is 3.40. The first-order chi connectivity index (χ1) is 11.1. The fourth-order valence-corrected chi connectivity index (χ4v) is 2.06. The van der Waals surface area contributed by atoms with Crippen molar-refractivity contribution in [1.82, 2.24) is 0 Å². The van der Waals surface area contributed by atoms with Gasteiger partial charge in [0.1, 0.15) is 0 Å². The van der Waals surface area contributed by atoms with Crippen LogP contribution in [-0.4, -0.2) is 16.0 Å². The van der Waals surface area contributed by atoms with Crippen LogP contribution in [0.5, 0.6) is 0 Å². The van der Waals surface area contributed by atoms with Gasteiger partial charge in [0.05, 0.1) is 4.92 Å². The number of rotatable bonds is 14. The summed E-state index contributed by atoms with van der Waals surface area (Å²) in [5.74, 6) is -0.724. The maximum atomic E-state index is 10.9. The first kappa shape index (κ1) is 21.1. The van der Waals surface area contributed by atoms with E-state index in [1.54, 1.807) is 12.2 Å². The van der Waals surface area contributed by atoms with Gasteiger partial charge in [0.2, 0.25) is 0 Å². The highest BCUT2D eigenvalue weighted by atomic mass is 16.6. The molecular formula is C18H29NO4. The Morgan fingerprint density at radius 2 is 1.74 bits per heavy atom. The Bertz CT molecular complexity index is 425. The molecule has 130 valence electrons.